The molecule has 2 N–H and O–H groups in total. The van der Waals surface area contributed by atoms with Crippen molar-refractivity contribution in [3.8, 4) is 0 Å². The molecule has 1 aromatic rings. The summed E-state index contributed by atoms with van der Waals surface area (Å²) >= 11 is 0. The number of fused-ring (bicyclic) bond motifs is 1. The van der Waals surface area contributed by atoms with E-state index in [1.54, 1.807) is 0 Å². The number of aliphatic imine (C=N–C) groups is 1. The Labute approximate surface area is 169 Å². The lowest BCUT2D eigenvalue weighted by Gasteiger charge is -2.22. The molecule has 3 rings (SSSR count). The number of nitrogens with zero attached hydrogens (tertiary/aromatic N) is 3. The van der Waals surface area contributed by atoms with Crippen molar-refractivity contribution in [1.29, 1.82) is 0 Å². The van der Waals surface area contributed by atoms with Crippen molar-refractivity contribution in [3.05, 3.63) is 35.4 Å². The number of likely N-dealkylation sites (N-methyl/N-ethyl adjacent to an activating group) is 1. The van der Waals surface area contributed by atoms with Gasteiger partial charge in [0.15, 0.2) is 5.96 Å². The number of likely N-dealkylation sites (tertiary alicyclic amines) is 1. The minimum Gasteiger partial charge on any atom is -0.352 e. The van der Waals surface area contributed by atoms with Gasteiger partial charge in [-0.2, -0.15) is 0 Å². The lowest BCUT2D eigenvalue weighted by atomic mass is 9.82. The molecule has 1 aliphatic heterocycles. The first kappa shape index (κ1) is 20.6. The van der Waals surface area contributed by atoms with Crippen molar-refractivity contribution in [2.24, 2.45) is 16.8 Å². The van der Waals surface area contributed by atoms with Crippen LogP contribution in [0.3, 0.4) is 0 Å². The average molecular weight is 386 g/mol. The Hall–Kier alpha value is -2.08. The van der Waals surface area contributed by atoms with E-state index in [9.17, 15) is 4.79 Å². The molecule has 2 fully saturated rings. The zero-order valence-electron chi connectivity index (χ0n) is 17.6. The number of hydrogen-bond acceptors (Lipinski definition) is 3. The van der Waals surface area contributed by atoms with E-state index in [0.29, 0.717) is 18.7 Å². The van der Waals surface area contributed by atoms with Gasteiger partial charge >= 0.3 is 0 Å². The number of benzene rings is 1. The van der Waals surface area contributed by atoms with Gasteiger partial charge in [0.2, 0.25) is 0 Å². The molecule has 1 aliphatic carbocycles. The summed E-state index contributed by atoms with van der Waals surface area (Å²) in [5.41, 5.74) is 1.80. The van der Waals surface area contributed by atoms with Gasteiger partial charge in [-0.05, 0) is 56.5 Å². The van der Waals surface area contributed by atoms with Gasteiger partial charge in [0.05, 0.1) is 0 Å². The molecule has 6 nitrogen and oxygen atoms in total. The molecule has 1 saturated carbocycles. The van der Waals surface area contributed by atoms with Crippen molar-refractivity contribution < 1.29 is 4.79 Å². The zero-order valence-corrected chi connectivity index (χ0v) is 17.6. The van der Waals surface area contributed by atoms with Crippen LogP contribution in [-0.2, 0) is 6.54 Å². The van der Waals surface area contributed by atoms with Gasteiger partial charge in [0.25, 0.3) is 5.91 Å². The molecule has 1 aromatic carbocycles. The van der Waals surface area contributed by atoms with E-state index in [0.717, 1.165) is 43.0 Å². The highest BCUT2D eigenvalue weighted by Gasteiger charge is 2.35. The van der Waals surface area contributed by atoms with Crippen LogP contribution >= 0.6 is 0 Å². The lowest BCUT2D eigenvalue weighted by molar-refractivity contribution is 0.0951. The van der Waals surface area contributed by atoms with Crippen LogP contribution in [0.1, 0.15) is 41.6 Å². The molecule has 28 heavy (non-hydrogen) atoms. The molecular formula is C22H35N5O. The maximum Gasteiger partial charge on any atom is 0.251 e. The molecule has 0 radical (unpaired) electrons. The van der Waals surface area contributed by atoms with Gasteiger partial charge < -0.3 is 20.4 Å². The summed E-state index contributed by atoms with van der Waals surface area (Å²) < 4.78 is 0. The number of rotatable bonds is 6. The first-order valence-corrected chi connectivity index (χ1v) is 10.5. The topological polar surface area (TPSA) is 60.0 Å². The van der Waals surface area contributed by atoms with Crippen molar-refractivity contribution in [1.82, 2.24) is 20.4 Å². The maximum absolute atomic E-state index is 12.3. The summed E-state index contributed by atoms with van der Waals surface area (Å²) in [4.78, 5) is 21.3. The van der Waals surface area contributed by atoms with E-state index in [2.05, 4.69) is 31.5 Å². The van der Waals surface area contributed by atoms with Crippen LogP contribution in [0.2, 0.25) is 0 Å². The predicted octanol–water partition coefficient (Wildman–Crippen LogP) is 2.18. The Balaban J connectivity index is 1.53. The van der Waals surface area contributed by atoms with Crippen molar-refractivity contribution >= 4 is 11.9 Å². The summed E-state index contributed by atoms with van der Waals surface area (Å²) in [7, 11) is 5.86. The van der Waals surface area contributed by atoms with E-state index < -0.39 is 0 Å². The molecule has 154 valence electrons. The molecule has 1 saturated heterocycles. The van der Waals surface area contributed by atoms with Crippen molar-refractivity contribution in [2.45, 2.75) is 32.2 Å². The number of amides is 1. The summed E-state index contributed by atoms with van der Waals surface area (Å²) in [6.45, 7) is 4.41. The molecule has 2 atom stereocenters. The number of carbonyl (C=O) groups is 1. The standard InChI is InChI=1S/C22H35N5O/c1-23-22(27-15-19-8-4-5-9-20(19)16-27)25-14-17-7-6-10-18(13-17)21(28)24-11-12-26(2)3/h6-7,10,13,19-20H,4-5,8-9,11-12,14-16H2,1-3H3,(H,23,25)(H,24,28). The fraction of sp³-hybridized carbons (Fsp3) is 0.636. The van der Waals surface area contributed by atoms with Gasteiger partial charge in [-0.1, -0.05) is 25.0 Å². The number of carbonyl (C=O) groups excluding carboxylic acids is 1. The summed E-state index contributed by atoms with van der Waals surface area (Å²) in [5, 5.41) is 6.47. The number of guanidine groups is 1. The Morgan fingerprint density at radius 2 is 1.89 bits per heavy atom. The second-order valence-corrected chi connectivity index (χ2v) is 8.37. The highest BCUT2D eigenvalue weighted by atomic mass is 16.1. The largest absolute Gasteiger partial charge is 0.352 e. The van der Waals surface area contributed by atoms with E-state index in [1.165, 1.54) is 25.7 Å². The molecule has 1 amide bonds. The normalized spacial score (nSPS) is 22.3. The summed E-state index contributed by atoms with van der Waals surface area (Å²) in [6, 6.07) is 7.84. The highest BCUT2D eigenvalue weighted by Crippen LogP contribution is 2.35. The van der Waals surface area contributed by atoms with Gasteiger partial charge in [-0.25, -0.2) is 0 Å². The summed E-state index contributed by atoms with van der Waals surface area (Å²) in [5.74, 6) is 2.63. The van der Waals surface area contributed by atoms with E-state index in [4.69, 9.17) is 0 Å². The molecular weight excluding hydrogens is 350 g/mol. The van der Waals surface area contributed by atoms with Crippen LogP contribution in [0.15, 0.2) is 29.3 Å². The van der Waals surface area contributed by atoms with E-state index in [-0.39, 0.29) is 5.91 Å². The smallest absolute Gasteiger partial charge is 0.251 e. The first-order chi connectivity index (χ1) is 13.6. The van der Waals surface area contributed by atoms with Crippen LogP contribution in [0.5, 0.6) is 0 Å². The van der Waals surface area contributed by atoms with E-state index in [1.807, 2.05) is 39.3 Å². The fourth-order valence-corrected chi connectivity index (χ4v) is 4.41. The molecule has 6 heteroatoms. The molecule has 0 aromatic heterocycles. The maximum atomic E-state index is 12.3. The Kier molecular flexibility index (Phi) is 7.31. The van der Waals surface area contributed by atoms with Crippen LogP contribution in [-0.4, -0.2) is 69.0 Å². The molecule has 2 unspecified atom stereocenters. The Morgan fingerprint density at radius 1 is 1.18 bits per heavy atom. The minimum absolute atomic E-state index is 0.0169. The van der Waals surface area contributed by atoms with Crippen molar-refractivity contribution in [3.63, 3.8) is 0 Å². The highest BCUT2D eigenvalue weighted by molar-refractivity contribution is 5.94. The minimum atomic E-state index is -0.0169. The Morgan fingerprint density at radius 3 is 2.54 bits per heavy atom. The van der Waals surface area contributed by atoms with E-state index >= 15 is 0 Å². The van der Waals surface area contributed by atoms with Gasteiger partial charge in [-0.15, -0.1) is 0 Å². The monoisotopic (exact) mass is 385 g/mol. The van der Waals surface area contributed by atoms with Crippen LogP contribution in [0.25, 0.3) is 0 Å². The third-order valence-corrected chi connectivity index (χ3v) is 5.97. The van der Waals surface area contributed by atoms with Crippen LogP contribution < -0.4 is 10.6 Å². The van der Waals surface area contributed by atoms with Gasteiger partial charge in [-0.3, -0.25) is 9.79 Å². The van der Waals surface area contributed by atoms with Crippen LogP contribution in [0.4, 0.5) is 0 Å². The zero-order chi connectivity index (χ0) is 19.9. The molecule has 0 spiro atoms. The fourth-order valence-electron chi connectivity index (χ4n) is 4.41. The van der Waals surface area contributed by atoms with Gasteiger partial charge in [0, 0.05) is 45.3 Å². The molecule has 2 aliphatic rings. The second-order valence-electron chi connectivity index (χ2n) is 8.37. The average Bonchev–Trinajstić information content (AvgIpc) is 3.12. The molecule has 0 bridgehead atoms. The van der Waals surface area contributed by atoms with Gasteiger partial charge in [0.1, 0.15) is 0 Å². The Bertz CT molecular complexity index is 673. The summed E-state index contributed by atoms with van der Waals surface area (Å²) in [6.07, 6.45) is 5.49. The third-order valence-electron chi connectivity index (χ3n) is 5.97. The quantitative estimate of drug-likeness (QED) is 0.582. The third kappa shape index (κ3) is 5.47. The second kappa shape index (κ2) is 9.92. The molecule has 1 heterocycles. The van der Waals surface area contributed by atoms with Crippen LogP contribution in [0, 0.1) is 11.8 Å². The lowest BCUT2D eigenvalue weighted by Crippen LogP contribution is -2.40. The predicted molar refractivity (Wildman–Crippen MR) is 115 cm³/mol. The van der Waals surface area contributed by atoms with Crippen molar-refractivity contribution in [2.75, 3.05) is 47.3 Å². The number of hydrogen-bond donors (Lipinski definition) is 2. The number of nitrogens with one attached hydrogen (secondary N) is 2. The first-order valence-electron chi connectivity index (χ1n) is 10.5. The SMILES string of the molecule is CN=C(NCc1cccc(C(=O)NCCN(C)C)c1)N1CC2CCCCC2C1.